The van der Waals surface area contributed by atoms with Gasteiger partial charge < -0.3 is 10.2 Å². The summed E-state index contributed by atoms with van der Waals surface area (Å²) in [6.07, 6.45) is 3.22. The van der Waals surface area contributed by atoms with Crippen LogP contribution in [-0.4, -0.2) is 54.5 Å². The number of hydrogen-bond donors (Lipinski definition) is 1. The maximum atomic E-state index is 12.4. The van der Waals surface area contributed by atoms with Crippen molar-refractivity contribution in [3.8, 4) is 0 Å². The van der Waals surface area contributed by atoms with Gasteiger partial charge in [0.15, 0.2) is 0 Å². The van der Waals surface area contributed by atoms with Crippen molar-refractivity contribution in [2.75, 3.05) is 32.7 Å². The lowest BCUT2D eigenvalue weighted by molar-refractivity contribution is -0.123. The van der Waals surface area contributed by atoms with Crippen LogP contribution in [0.5, 0.6) is 0 Å². The van der Waals surface area contributed by atoms with Crippen molar-refractivity contribution in [2.45, 2.75) is 45.7 Å². The summed E-state index contributed by atoms with van der Waals surface area (Å²) < 4.78 is 0. The number of nitrogens with one attached hydrogen (secondary N) is 1. The zero-order valence-electron chi connectivity index (χ0n) is 14.6. The highest BCUT2D eigenvalue weighted by Gasteiger charge is 2.20. The summed E-state index contributed by atoms with van der Waals surface area (Å²) >= 11 is 0. The lowest BCUT2D eigenvalue weighted by atomic mass is 10.1. The van der Waals surface area contributed by atoms with Gasteiger partial charge in [0, 0.05) is 25.7 Å². The molecular formula is C19H31N3O. The lowest BCUT2D eigenvalue weighted by Gasteiger charge is -2.32. The second kappa shape index (κ2) is 9.68. The molecule has 1 saturated heterocycles. The van der Waals surface area contributed by atoms with Crippen LogP contribution in [0.1, 0.15) is 38.7 Å². The Labute approximate surface area is 140 Å². The van der Waals surface area contributed by atoms with E-state index >= 15 is 0 Å². The maximum Gasteiger partial charge on any atom is 0.234 e. The monoisotopic (exact) mass is 317 g/mol. The average molecular weight is 317 g/mol. The van der Waals surface area contributed by atoms with Gasteiger partial charge in [-0.3, -0.25) is 9.69 Å². The molecule has 0 aliphatic carbocycles. The molecular weight excluding hydrogens is 286 g/mol. The van der Waals surface area contributed by atoms with Crippen LogP contribution in [-0.2, 0) is 11.3 Å². The van der Waals surface area contributed by atoms with Crippen LogP contribution in [0, 0.1) is 0 Å². The van der Waals surface area contributed by atoms with Gasteiger partial charge >= 0.3 is 0 Å². The van der Waals surface area contributed by atoms with Crippen molar-refractivity contribution in [1.29, 1.82) is 0 Å². The Hall–Kier alpha value is -1.39. The van der Waals surface area contributed by atoms with Gasteiger partial charge in [0.05, 0.1) is 6.54 Å². The molecule has 1 N–H and O–H groups in total. The quantitative estimate of drug-likeness (QED) is 0.800. The predicted octanol–water partition coefficient (Wildman–Crippen LogP) is 2.50. The molecule has 0 spiro atoms. The molecule has 1 heterocycles. The molecule has 2 rings (SSSR count). The minimum atomic E-state index is 0.171. The Morgan fingerprint density at radius 3 is 2.52 bits per heavy atom. The first-order chi connectivity index (χ1) is 11.2. The van der Waals surface area contributed by atoms with E-state index < -0.39 is 0 Å². The van der Waals surface area contributed by atoms with E-state index in [0.29, 0.717) is 12.6 Å². The molecule has 4 nitrogen and oxygen atoms in total. The summed E-state index contributed by atoms with van der Waals surface area (Å²) in [5, 5.41) is 3.23. The summed E-state index contributed by atoms with van der Waals surface area (Å²) in [6.45, 7) is 9.97. The average Bonchev–Trinajstić information content (AvgIpc) is 2.56. The minimum absolute atomic E-state index is 0.171. The maximum absolute atomic E-state index is 12.4. The fourth-order valence-corrected chi connectivity index (χ4v) is 3.24. The summed E-state index contributed by atoms with van der Waals surface area (Å²) in [5.41, 5.74) is 1.27. The molecule has 1 fully saturated rings. The van der Waals surface area contributed by atoms with E-state index in [9.17, 15) is 4.79 Å². The highest BCUT2D eigenvalue weighted by molar-refractivity contribution is 5.78. The Balaban J connectivity index is 1.79. The summed E-state index contributed by atoms with van der Waals surface area (Å²) in [4.78, 5) is 17.1. The van der Waals surface area contributed by atoms with Crippen molar-refractivity contribution in [3.63, 3.8) is 0 Å². The van der Waals surface area contributed by atoms with Gasteiger partial charge in [-0.15, -0.1) is 0 Å². The van der Waals surface area contributed by atoms with Crippen molar-refractivity contribution in [1.82, 2.24) is 15.1 Å². The molecule has 0 bridgehead atoms. The fraction of sp³-hybridized carbons (Fsp3) is 0.632. The van der Waals surface area contributed by atoms with E-state index in [-0.39, 0.29) is 5.91 Å². The molecule has 1 aliphatic rings. The number of carbonyl (C=O) groups is 1. The van der Waals surface area contributed by atoms with Crippen LogP contribution >= 0.6 is 0 Å². The number of benzene rings is 1. The molecule has 1 aromatic carbocycles. The number of rotatable bonds is 8. The molecule has 0 saturated carbocycles. The molecule has 0 aromatic heterocycles. The van der Waals surface area contributed by atoms with Crippen molar-refractivity contribution in [3.05, 3.63) is 35.9 Å². The zero-order valence-corrected chi connectivity index (χ0v) is 14.6. The van der Waals surface area contributed by atoms with E-state index in [0.717, 1.165) is 52.0 Å². The second-order valence-corrected chi connectivity index (χ2v) is 6.47. The first-order valence-electron chi connectivity index (χ1n) is 8.99. The molecule has 0 unspecified atom stereocenters. The van der Waals surface area contributed by atoms with Crippen LogP contribution in [0.3, 0.4) is 0 Å². The Bertz CT molecular complexity index is 455. The van der Waals surface area contributed by atoms with E-state index in [1.807, 2.05) is 6.07 Å². The number of piperidine rings is 1. The van der Waals surface area contributed by atoms with Gasteiger partial charge in [-0.25, -0.2) is 0 Å². The molecule has 1 amide bonds. The van der Waals surface area contributed by atoms with E-state index in [2.05, 4.69) is 53.2 Å². The lowest BCUT2D eigenvalue weighted by Crippen LogP contribution is -2.47. The van der Waals surface area contributed by atoms with E-state index in [4.69, 9.17) is 0 Å². The number of carbonyl (C=O) groups excluding carboxylic acids is 1. The third-order valence-electron chi connectivity index (χ3n) is 4.56. The molecule has 128 valence electrons. The van der Waals surface area contributed by atoms with Gasteiger partial charge in [0.25, 0.3) is 0 Å². The minimum Gasteiger partial charge on any atom is -0.352 e. The van der Waals surface area contributed by atoms with Gasteiger partial charge in [0.1, 0.15) is 0 Å². The topological polar surface area (TPSA) is 35.6 Å². The molecule has 1 aromatic rings. The van der Waals surface area contributed by atoms with Gasteiger partial charge in [-0.2, -0.15) is 0 Å². The van der Waals surface area contributed by atoms with Crippen LogP contribution in [0.2, 0.25) is 0 Å². The van der Waals surface area contributed by atoms with Crippen molar-refractivity contribution in [2.24, 2.45) is 0 Å². The Kier molecular flexibility index (Phi) is 7.56. The van der Waals surface area contributed by atoms with Crippen LogP contribution in [0.4, 0.5) is 0 Å². The van der Waals surface area contributed by atoms with Gasteiger partial charge in [-0.1, -0.05) is 44.2 Å². The second-order valence-electron chi connectivity index (χ2n) is 6.47. The van der Waals surface area contributed by atoms with Crippen molar-refractivity contribution < 1.29 is 4.79 Å². The SMILES string of the molecule is CCCN(CC(=O)NC1CCN(CC)CC1)Cc1ccccc1. The standard InChI is InChI=1S/C19H31N3O/c1-3-12-22(15-17-8-6-5-7-9-17)16-19(23)20-18-10-13-21(4-2)14-11-18/h5-9,18H,3-4,10-16H2,1-2H3,(H,20,23). The Morgan fingerprint density at radius 1 is 1.22 bits per heavy atom. The number of hydrogen-bond acceptors (Lipinski definition) is 3. The zero-order chi connectivity index (χ0) is 16.5. The Morgan fingerprint density at radius 2 is 1.91 bits per heavy atom. The fourth-order valence-electron chi connectivity index (χ4n) is 3.24. The van der Waals surface area contributed by atoms with Crippen LogP contribution in [0.25, 0.3) is 0 Å². The number of amides is 1. The molecule has 0 atom stereocenters. The first-order valence-corrected chi connectivity index (χ1v) is 8.99. The van der Waals surface area contributed by atoms with E-state index in [1.165, 1.54) is 5.56 Å². The molecule has 4 heteroatoms. The highest BCUT2D eigenvalue weighted by Crippen LogP contribution is 2.10. The smallest absolute Gasteiger partial charge is 0.234 e. The summed E-state index contributed by atoms with van der Waals surface area (Å²) in [7, 11) is 0. The third kappa shape index (κ3) is 6.32. The van der Waals surface area contributed by atoms with Crippen LogP contribution in [0.15, 0.2) is 30.3 Å². The first kappa shape index (κ1) is 18.0. The van der Waals surface area contributed by atoms with Crippen LogP contribution < -0.4 is 5.32 Å². The van der Waals surface area contributed by atoms with Crippen molar-refractivity contribution >= 4 is 5.91 Å². The van der Waals surface area contributed by atoms with Gasteiger partial charge in [0.2, 0.25) is 5.91 Å². The molecule has 23 heavy (non-hydrogen) atoms. The number of nitrogens with zero attached hydrogens (tertiary/aromatic N) is 2. The third-order valence-corrected chi connectivity index (χ3v) is 4.56. The molecule has 1 aliphatic heterocycles. The summed E-state index contributed by atoms with van der Waals surface area (Å²) in [5.74, 6) is 0.171. The largest absolute Gasteiger partial charge is 0.352 e. The summed E-state index contributed by atoms with van der Waals surface area (Å²) in [6, 6.07) is 10.7. The van der Waals surface area contributed by atoms with E-state index in [1.54, 1.807) is 0 Å². The normalized spacial score (nSPS) is 16.7. The number of likely N-dealkylation sites (tertiary alicyclic amines) is 1. The highest BCUT2D eigenvalue weighted by atomic mass is 16.2. The van der Waals surface area contributed by atoms with Gasteiger partial charge in [-0.05, 0) is 37.9 Å². The molecule has 0 radical (unpaired) electrons. The predicted molar refractivity (Wildman–Crippen MR) is 95.3 cm³/mol.